The van der Waals surface area contributed by atoms with Crippen molar-refractivity contribution in [1.82, 2.24) is 0 Å². The standard InChI is InChI=1S/C54H41BN3S/c1-6-21-39(22-7-1)57(40-23-8-2-9-24-40)42-37-46(53-50(38-42)58(41-25-10-3-11-26-41)49-34-18-16-32-47(49)55-53)45-31-20-36-52-54(45)56-48-33-17-19-35-51(48)59(52,43-27-12-4-13-28-43)44-29-14-5-15-30-44/h1-2,4-10,12-38,56H,3,11H2. The molecule has 2 aliphatic heterocycles. The molecule has 0 atom stereocenters. The van der Waals surface area contributed by atoms with E-state index in [1.165, 1.54) is 53.0 Å². The van der Waals surface area contributed by atoms with E-state index in [0.29, 0.717) is 0 Å². The maximum absolute atomic E-state index is 4.07. The lowest BCUT2D eigenvalue weighted by atomic mass is 9.58. The van der Waals surface area contributed by atoms with Gasteiger partial charge in [0.05, 0.1) is 11.4 Å². The van der Waals surface area contributed by atoms with Crippen molar-refractivity contribution in [2.24, 2.45) is 0 Å². The zero-order valence-corrected chi connectivity index (χ0v) is 33.4. The highest BCUT2D eigenvalue weighted by Crippen LogP contribution is 2.78. The van der Waals surface area contributed by atoms with Crippen LogP contribution in [0, 0.1) is 0 Å². The van der Waals surface area contributed by atoms with Gasteiger partial charge in [0.2, 0.25) is 0 Å². The van der Waals surface area contributed by atoms with E-state index in [2.05, 4.69) is 241 Å². The van der Waals surface area contributed by atoms with E-state index in [1.807, 2.05) is 0 Å². The van der Waals surface area contributed by atoms with Gasteiger partial charge in [-0.2, -0.15) is 0 Å². The van der Waals surface area contributed by atoms with Crippen LogP contribution in [0.2, 0.25) is 0 Å². The van der Waals surface area contributed by atoms with Gasteiger partial charge in [-0.05, 0) is 115 Å². The number of hydrogen-bond donors (Lipinski definition) is 1. The molecule has 2 heterocycles. The van der Waals surface area contributed by atoms with Crippen LogP contribution < -0.4 is 26.0 Å². The molecule has 3 nitrogen and oxygen atoms in total. The molecule has 3 aliphatic rings. The van der Waals surface area contributed by atoms with Gasteiger partial charge >= 0.3 is 0 Å². The number of fused-ring (bicyclic) bond motifs is 4. The lowest BCUT2D eigenvalue weighted by Crippen LogP contribution is -2.42. The lowest BCUT2D eigenvalue weighted by molar-refractivity contribution is 0.998. The SMILES string of the molecule is [B]1c2ccccc2N(C2=CCCC=C2)c2cc(N(c3ccccc3)c3ccccc3)cc(-c3cccc4c3Nc3ccccc3S4(c3ccccc3)c3ccccc3)c21. The Morgan fingerprint density at radius 3 is 1.80 bits per heavy atom. The molecule has 281 valence electrons. The van der Waals surface area contributed by atoms with Crippen LogP contribution in [0.5, 0.6) is 0 Å². The molecule has 0 amide bonds. The van der Waals surface area contributed by atoms with Gasteiger partial charge < -0.3 is 15.1 Å². The van der Waals surface area contributed by atoms with Crippen LogP contribution >= 0.6 is 10.0 Å². The van der Waals surface area contributed by atoms with Crippen molar-refractivity contribution in [3.05, 3.63) is 224 Å². The van der Waals surface area contributed by atoms with Gasteiger partial charge in [0.25, 0.3) is 0 Å². The van der Waals surface area contributed by atoms with Crippen molar-refractivity contribution < 1.29 is 0 Å². The summed E-state index contributed by atoms with van der Waals surface area (Å²) in [7, 11) is 0.484. The van der Waals surface area contributed by atoms with E-state index in [-0.39, 0.29) is 0 Å². The van der Waals surface area contributed by atoms with E-state index in [0.717, 1.165) is 47.0 Å². The van der Waals surface area contributed by atoms with E-state index < -0.39 is 10.0 Å². The average Bonchev–Trinajstić information content (AvgIpc) is 3.31. The first-order chi connectivity index (χ1) is 29.3. The lowest BCUT2D eigenvalue weighted by Gasteiger charge is -2.47. The van der Waals surface area contributed by atoms with Crippen LogP contribution in [-0.4, -0.2) is 7.28 Å². The Labute approximate surface area is 349 Å². The summed E-state index contributed by atoms with van der Waals surface area (Å²) in [4.78, 5) is 10.1. The molecule has 1 radical (unpaired) electrons. The molecule has 0 fully saturated rings. The summed E-state index contributed by atoms with van der Waals surface area (Å²) in [6, 6.07) is 73.4. The predicted octanol–water partition coefficient (Wildman–Crippen LogP) is 13.6. The number of rotatable bonds is 7. The topological polar surface area (TPSA) is 18.5 Å². The average molecular weight is 775 g/mol. The minimum absolute atomic E-state index is 1.01. The second kappa shape index (κ2) is 14.8. The van der Waals surface area contributed by atoms with Crippen LogP contribution in [0.1, 0.15) is 12.8 Å². The van der Waals surface area contributed by atoms with Crippen LogP contribution in [0.3, 0.4) is 0 Å². The van der Waals surface area contributed by atoms with Gasteiger partial charge in [0.1, 0.15) is 0 Å². The van der Waals surface area contributed by atoms with Crippen LogP contribution in [-0.2, 0) is 0 Å². The Morgan fingerprint density at radius 1 is 0.508 bits per heavy atom. The summed E-state index contributed by atoms with van der Waals surface area (Å²) in [5, 5.41) is 4.07. The van der Waals surface area contributed by atoms with Crippen LogP contribution in [0.25, 0.3) is 11.1 Å². The maximum Gasteiger partial charge on any atom is 0.197 e. The molecule has 0 saturated carbocycles. The molecule has 0 spiro atoms. The quantitative estimate of drug-likeness (QED) is 0.163. The molecular weight excluding hydrogens is 733 g/mol. The Morgan fingerprint density at radius 2 is 1.12 bits per heavy atom. The van der Waals surface area contributed by atoms with Crippen molar-refractivity contribution >= 4 is 68.0 Å². The molecule has 0 aromatic heterocycles. The Kier molecular flexibility index (Phi) is 8.82. The third-order valence-electron chi connectivity index (χ3n) is 11.7. The molecular formula is C54H41BN3S. The number of anilines is 7. The summed E-state index contributed by atoms with van der Waals surface area (Å²) in [5.74, 6) is 0. The van der Waals surface area contributed by atoms with E-state index in [4.69, 9.17) is 0 Å². The zero-order chi connectivity index (χ0) is 39.2. The number of allylic oxidation sites excluding steroid dienone is 3. The Balaban J connectivity index is 1.24. The van der Waals surface area contributed by atoms with E-state index in [9.17, 15) is 0 Å². The van der Waals surface area contributed by atoms with Crippen LogP contribution in [0.15, 0.2) is 244 Å². The molecule has 8 aromatic carbocycles. The molecule has 11 rings (SSSR count). The fraction of sp³-hybridized carbons (Fsp3) is 0.0370. The van der Waals surface area contributed by atoms with Gasteiger partial charge in [-0.3, -0.25) is 0 Å². The first-order valence-corrected chi connectivity index (χ1v) is 22.0. The third-order valence-corrected chi connectivity index (χ3v) is 15.7. The summed E-state index contributed by atoms with van der Waals surface area (Å²) in [5.41, 5.74) is 13.9. The number of nitrogens with zero attached hydrogens (tertiary/aromatic N) is 2. The number of hydrogen-bond acceptors (Lipinski definition) is 3. The first-order valence-electron chi connectivity index (χ1n) is 20.4. The monoisotopic (exact) mass is 774 g/mol. The highest BCUT2D eigenvalue weighted by atomic mass is 32.3. The molecule has 1 N–H and O–H groups in total. The Bertz CT molecular complexity index is 2810. The molecule has 0 bridgehead atoms. The highest BCUT2D eigenvalue weighted by Gasteiger charge is 2.41. The zero-order valence-electron chi connectivity index (χ0n) is 32.6. The van der Waals surface area contributed by atoms with Crippen molar-refractivity contribution in [1.29, 1.82) is 0 Å². The summed E-state index contributed by atoms with van der Waals surface area (Å²) in [6.07, 6.45) is 9.06. The van der Waals surface area contributed by atoms with Gasteiger partial charge in [-0.15, -0.1) is 10.0 Å². The van der Waals surface area contributed by atoms with Crippen molar-refractivity contribution in [3.8, 4) is 11.1 Å². The van der Waals surface area contributed by atoms with Crippen molar-refractivity contribution in [3.63, 3.8) is 0 Å². The summed E-state index contributed by atoms with van der Waals surface area (Å²) < 4.78 is 0. The van der Waals surface area contributed by atoms with Crippen molar-refractivity contribution in [2.45, 2.75) is 32.4 Å². The minimum atomic E-state index is -1.93. The maximum atomic E-state index is 4.07. The fourth-order valence-electron chi connectivity index (χ4n) is 9.18. The predicted molar refractivity (Wildman–Crippen MR) is 250 cm³/mol. The van der Waals surface area contributed by atoms with Crippen LogP contribution in [0.4, 0.5) is 39.8 Å². The molecule has 59 heavy (non-hydrogen) atoms. The number of benzene rings is 8. The smallest absolute Gasteiger partial charge is 0.197 e. The third kappa shape index (κ3) is 5.84. The molecule has 0 unspecified atom stereocenters. The minimum Gasteiger partial charge on any atom is -0.353 e. The van der Waals surface area contributed by atoms with Crippen molar-refractivity contribution in [2.75, 3.05) is 15.1 Å². The molecule has 1 aliphatic carbocycles. The second-order valence-corrected chi connectivity index (χ2v) is 18.2. The molecule has 0 saturated heterocycles. The fourth-order valence-corrected chi connectivity index (χ4v) is 13.3. The van der Waals surface area contributed by atoms with Gasteiger partial charge in [0, 0.05) is 59.3 Å². The number of nitrogens with one attached hydrogen (secondary N) is 1. The van der Waals surface area contributed by atoms with E-state index in [1.54, 1.807) is 0 Å². The molecule has 8 aromatic rings. The van der Waals surface area contributed by atoms with Gasteiger partial charge in [-0.1, -0.05) is 133 Å². The summed E-state index contributed by atoms with van der Waals surface area (Å²) >= 11 is 0. The normalized spacial score (nSPS) is 14.9. The molecule has 5 heteroatoms. The van der Waals surface area contributed by atoms with Gasteiger partial charge in [0.15, 0.2) is 7.28 Å². The second-order valence-electron chi connectivity index (χ2n) is 15.1. The number of para-hydroxylation sites is 5. The summed E-state index contributed by atoms with van der Waals surface area (Å²) in [6.45, 7) is 0. The highest BCUT2D eigenvalue weighted by molar-refractivity contribution is 8.34. The van der Waals surface area contributed by atoms with Gasteiger partial charge in [-0.25, -0.2) is 0 Å². The van der Waals surface area contributed by atoms with E-state index >= 15 is 0 Å². The Hall–Kier alpha value is -6.95. The largest absolute Gasteiger partial charge is 0.353 e. The first kappa shape index (κ1) is 35.2.